The van der Waals surface area contributed by atoms with Gasteiger partial charge in [0.15, 0.2) is 0 Å². The molecule has 0 saturated carbocycles. The maximum atomic E-state index is 12.2. The minimum Gasteiger partial charge on any atom is -0.493 e. The van der Waals surface area contributed by atoms with Gasteiger partial charge in [-0.3, -0.25) is 4.79 Å². The molecule has 2 heterocycles. The number of hydrogen-bond acceptors (Lipinski definition) is 3. The summed E-state index contributed by atoms with van der Waals surface area (Å²) in [5.74, 6) is 1.19. The van der Waals surface area contributed by atoms with Crippen LogP contribution in [0, 0.1) is 5.92 Å². The molecule has 1 saturated heterocycles. The number of aliphatic hydroxyl groups is 1. The molecule has 1 amide bonds. The van der Waals surface area contributed by atoms with E-state index in [0.29, 0.717) is 6.54 Å². The lowest BCUT2D eigenvalue weighted by Gasteiger charge is -2.33. The van der Waals surface area contributed by atoms with Crippen LogP contribution in [-0.4, -0.2) is 41.7 Å². The van der Waals surface area contributed by atoms with E-state index < -0.39 is 6.10 Å². The zero-order valence-electron chi connectivity index (χ0n) is 12.3. The van der Waals surface area contributed by atoms with E-state index in [1.54, 1.807) is 11.0 Å². The topological polar surface area (TPSA) is 49.8 Å². The van der Waals surface area contributed by atoms with E-state index in [2.05, 4.69) is 6.07 Å². The number of β-amino-alcohol motifs (C(OH)–C–C–N with tert-alkyl or cyclic N) is 1. The van der Waals surface area contributed by atoms with Gasteiger partial charge in [0.25, 0.3) is 0 Å². The Balaban J connectivity index is 1.64. The molecule has 0 spiro atoms. The van der Waals surface area contributed by atoms with Crippen LogP contribution in [0.3, 0.4) is 0 Å². The van der Waals surface area contributed by atoms with Crippen molar-refractivity contribution in [1.29, 1.82) is 0 Å². The van der Waals surface area contributed by atoms with Crippen LogP contribution in [0.15, 0.2) is 24.3 Å². The van der Waals surface area contributed by atoms with Gasteiger partial charge in [-0.25, -0.2) is 0 Å². The summed E-state index contributed by atoms with van der Waals surface area (Å²) in [6.07, 6.45) is 4.82. The molecule has 1 aromatic carbocycles. The molecule has 2 aliphatic rings. The maximum absolute atomic E-state index is 12.2. The minimum absolute atomic E-state index is 0.0299. The summed E-state index contributed by atoms with van der Waals surface area (Å²) in [6, 6.07) is 5.99. The van der Waals surface area contributed by atoms with Gasteiger partial charge in [0.2, 0.25) is 5.91 Å². The molecule has 2 atom stereocenters. The van der Waals surface area contributed by atoms with E-state index in [0.717, 1.165) is 37.3 Å². The number of carbonyl (C=O) groups excluding carboxylic acids is 1. The lowest BCUT2D eigenvalue weighted by Crippen LogP contribution is -2.45. The van der Waals surface area contributed by atoms with Crippen molar-refractivity contribution in [3.8, 4) is 5.75 Å². The largest absolute Gasteiger partial charge is 0.493 e. The second kappa shape index (κ2) is 5.90. The van der Waals surface area contributed by atoms with Crippen molar-refractivity contribution in [3.63, 3.8) is 0 Å². The summed E-state index contributed by atoms with van der Waals surface area (Å²) in [5.41, 5.74) is 2.21. The number of ether oxygens (including phenoxy) is 1. The molecule has 4 nitrogen and oxygen atoms in total. The van der Waals surface area contributed by atoms with Crippen molar-refractivity contribution in [1.82, 2.24) is 4.90 Å². The Morgan fingerprint density at radius 2 is 2.33 bits per heavy atom. The van der Waals surface area contributed by atoms with Gasteiger partial charge in [-0.2, -0.15) is 0 Å². The lowest BCUT2D eigenvalue weighted by molar-refractivity contribution is -0.130. The predicted molar refractivity (Wildman–Crippen MR) is 81.0 cm³/mol. The number of likely N-dealkylation sites (tertiary alicyclic amines) is 1. The number of rotatable bonds is 2. The molecule has 0 aromatic heterocycles. The molecule has 0 radical (unpaired) electrons. The van der Waals surface area contributed by atoms with Crippen LogP contribution in [-0.2, 0) is 11.2 Å². The first-order chi connectivity index (χ1) is 10.1. The quantitative estimate of drug-likeness (QED) is 0.845. The summed E-state index contributed by atoms with van der Waals surface area (Å²) in [4.78, 5) is 13.9. The minimum atomic E-state index is -0.409. The lowest BCUT2D eigenvalue weighted by atomic mass is 9.96. The van der Waals surface area contributed by atoms with E-state index in [1.807, 2.05) is 25.1 Å². The van der Waals surface area contributed by atoms with Crippen LogP contribution in [0.2, 0.25) is 0 Å². The highest BCUT2D eigenvalue weighted by atomic mass is 16.5. The van der Waals surface area contributed by atoms with Crippen molar-refractivity contribution in [2.45, 2.75) is 25.9 Å². The zero-order chi connectivity index (χ0) is 14.8. The Kier molecular flexibility index (Phi) is 3.97. The normalized spacial score (nSPS) is 25.0. The van der Waals surface area contributed by atoms with Gasteiger partial charge in [-0.05, 0) is 41.7 Å². The third kappa shape index (κ3) is 3.10. The Morgan fingerprint density at radius 3 is 3.14 bits per heavy atom. The van der Waals surface area contributed by atoms with Crippen LogP contribution in [0.4, 0.5) is 0 Å². The molecule has 1 fully saturated rings. The van der Waals surface area contributed by atoms with Crippen molar-refractivity contribution in [2.24, 2.45) is 5.92 Å². The third-order valence-corrected chi connectivity index (χ3v) is 4.36. The highest BCUT2D eigenvalue weighted by Gasteiger charge is 2.26. The van der Waals surface area contributed by atoms with Gasteiger partial charge in [0, 0.05) is 25.6 Å². The molecule has 2 unspecified atom stereocenters. The average molecular weight is 287 g/mol. The van der Waals surface area contributed by atoms with Gasteiger partial charge in [-0.1, -0.05) is 13.0 Å². The highest BCUT2D eigenvalue weighted by Crippen LogP contribution is 2.26. The molecule has 21 heavy (non-hydrogen) atoms. The molecule has 0 bridgehead atoms. The second-order valence-electron chi connectivity index (χ2n) is 5.92. The molecule has 1 N–H and O–H groups in total. The number of benzene rings is 1. The molecular formula is C17H21NO3. The number of hydrogen-bond donors (Lipinski definition) is 1. The summed E-state index contributed by atoms with van der Waals surface area (Å²) >= 11 is 0. The standard InChI is InChI=1S/C17H21NO3/c1-12-6-8-18(11-15(12)19)17(20)5-3-13-2-4-16-14(10-13)7-9-21-16/h2-5,10,12,15,19H,6-9,11H2,1H3/b5-3+. The fraction of sp³-hybridized carbons (Fsp3) is 0.471. The van der Waals surface area contributed by atoms with Crippen LogP contribution in [0.25, 0.3) is 6.08 Å². The van der Waals surface area contributed by atoms with Crippen molar-refractivity contribution < 1.29 is 14.6 Å². The number of aliphatic hydroxyl groups excluding tert-OH is 1. The van der Waals surface area contributed by atoms with E-state index in [9.17, 15) is 9.90 Å². The number of carbonyl (C=O) groups is 1. The van der Waals surface area contributed by atoms with E-state index in [1.165, 1.54) is 5.56 Å². The second-order valence-corrected chi connectivity index (χ2v) is 5.92. The molecular weight excluding hydrogens is 266 g/mol. The number of amides is 1. The Labute approximate surface area is 125 Å². The molecule has 3 rings (SSSR count). The smallest absolute Gasteiger partial charge is 0.246 e. The third-order valence-electron chi connectivity index (χ3n) is 4.36. The van der Waals surface area contributed by atoms with Gasteiger partial charge in [0.05, 0.1) is 12.7 Å². The monoisotopic (exact) mass is 287 g/mol. The Bertz CT molecular complexity index is 567. The van der Waals surface area contributed by atoms with Gasteiger partial charge >= 0.3 is 0 Å². The van der Waals surface area contributed by atoms with Crippen LogP contribution >= 0.6 is 0 Å². The van der Waals surface area contributed by atoms with Crippen molar-refractivity contribution in [2.75, 3.05) is 19.7 Å². The SMILES string of the molecule is CC1CCN(C(=O)/C=C/c2ccc3c(c2)CCO3)CC1O. The summed E-state index contributed by atoms with van der Waals surface area (Å²) in [7, 11) is 0. The summed E-state index contributed by atoms with van der Waals surface area (Å²) < 4.78 is 5.47. The fourth-order valence-corrected chi connectivity index (χ4v) is 2.83. The van der Waals surface area contributed by atoms with Gasteiger partial charge in [-0.15, -0.1) is 0 Å². The van der Waals surface area contributed by atoms with Gasteiger partial charge < -0.3 is 14.7 Å². The first-order valence-electron chi connectivity index (χ1n) is 7.54. The first-order valence-corrected chi connectivity index (χ1v) is 7.54. The van der Waals surface area contributed by atoms with Crippen molar-refractivity contribution >= 4 is 12.0 Å². The number of piperidine rings is 1. The zero-order valence-corrected chi connectivity index (χ0v) is 12.3. The van der Waals surface area contributed by atoms with Crippen molar-refractivity contribution in [3.05, 3.63) is 35.4 Å². The molecule has 2 aliphatic heterocycles. The Morgan fingerprint density at radius 1 is 1.48 bits per heavy atom. The van der Waals surface area contributed by atoms with E-state index in [-0.39, 0.29) is 11.8 Å². The molecule has 112 valence electrons. The van der Waals surface area contributed by atoms with E-state index in [4.69, 9.17) is 4.74 Å². The molecule has 4 heteroatoms. The molecule has 1 aromatic rings. The summed E-state index contributed by atoms with van der Waals surface area (Å²) in [6.45, 7) is 3.92. The summed E-state index contributed by atoms with van der Waals surface area (Å²) in [5, 5.41) is 9.86. The van der Waals surface area contributed by atoms with Gasteiger partial charge in [0.1, 0.15) is 5.75 Å². The van der Waals surface area contributed by atoms with Crippen LogP contribution in [0.1, 0.15) is 24.5 Å². The number of nitrogens with zero attached hydrogens (tertiary/aromatic N) is 1. The van der Waals surface area contributed by atoms with Crippen LogP contribution < -0.4 is 4.74 Å². The van der Waals surface area contributed by atoms with E-state index >= 15 is 0 Å². The average Bonchev–Trinajstić information content (AvgIpc) is 2.95. The first kappa shape index (κ1) is 14.1. The van der Waals surface area contributed by atoms with Crippen LogP contribution in [0.5, 0.6) is 5.75 Å². The predicted octanol–water partition coefficient (Wildman–Crippen LogP) is 1.86. The Hall–Kier alpha value is -1.81. The number of fused-ring (bicyclic) bond motifs is 1. The fourth-order valence-electron chi connectivity index (χ4n) is 2.83. The maximum Gasteiger partial charge on any atom is 0.246 e. The molecule has 0 aliphatic carbocycles. The highest BCUT2D eigenvalue weighted by molar-refractivity contribution is 5.91.